The molecule has 0 atom stereocenters. The van der Waals surface area contributed by atoms with Crippen molar-refractivity contribution in [3.8, 4) is 78.7 Å². The van der Waals surface area contributed by atoms with Gasteiger partial charge in [0, 0.05) is 27.5 Å². The van der Waals surface area contributed by atoms with Crippen LogP contribution in [-0.4, -0.2) is 15.0 Å². The molecule has 10 rings (SSSR count). The van der Waals surface area contributed by atoms with Crippen LogP contribution in [0.25, 0.3) is 101 Å². The second kappa shape index (κ2) is 13.8. The Labute approximate surface area is 319 Å². The summed E-state index contributed by atoms with van der Waals surface area (Å²) in [5, 5.41) is 2.15. The van der Waals surface area contributed by atoms with E-state index in [0.717, 1.165) is 60.9 Å². The molecule has 0 aliphatic rings. The lowest BCUT2D eigenvalue weighted by atomic mass is 9.92. The largest absolute Gasteiger partial charge is 0.456 e. The van der Waals surface area contributed by atoms with Crippen molar-refractivity contribution >= 4 is 21.9 Å². The number of para-hydroxylation sites is 1. The lowest BCUT2D eigenvalue weighted by Crippen LogP contribution is -2.00. The van der Waals surface area contributed by atoms with Crippen molar-refractivity contribution in [2.24, 2.45) is 0 Å². The molecule has 0 aliphatic carbocycles. The molecule has 0 amide bonds. The average molecular weight is 704 g/mol. The smallest absolute Gasteiger partial charge is 0.164 e. The fourth-order valence-corrected chi connectivity index (χ4v) is 7.32. The molecule has 0 radical (unpaired) electrons. The molecule has 2 aromatic heterocycles. The maximum Gasteiger partial charge on any atom is 0.164 e. The Morgan fingerprint density at radius 2 is 0.618 bits per heavy atom. The van der Waals surface area contributed by atoms with Gasteiger partial charge in [-0.05, 0) is 93.0 Å². The van der Waals surface area contributed by atoms with Crippen molar-refractivity contribution < 1.29 is 4.42 Å². The van der Waals surface area contributed by atoms with E-state index in [1.54, 1.807) is 0 Å². The van der Waals surface area contributed by atoms with Crippen molar-refractivity contribution in [2.75, 3.05) is 0 Å². The molecule has 55 heavy (non-hydrogen) atoms. The molecule has 0 bridgehead atoms. The second-order valence-corrected chi connectivity index (χ2v) is 13.7. The minimum atomic E-state index is 0.589. The van der Waals surface area contributed by atoms with Crippen LogP contribution in [0.4, 0.5) is 0 Å². The van der Waals surface area contributed by atoms with Gasteiger partial charge in [-0.1, -0.05) is 152 Å². The first-order valence-electron chi connectivity index (χ1n) is 18.4. The van der Waals surface area contributed by atoms with Crippen LogP contribution >= 0.6 is 0 Å². The quantitative estimate of drug-likeness (QED) is 0.166. The molecular weight excluding hydrogens is 671 g/mol. The number of nitrogens with zero attached hydrogens (tertiary/aromatic N) is 3. The number of rotatable bonds is 7. The molecule has 0 N–H and O–H groups in total. The highest BCUT2D eigenvalue weighted by Crippen LogP contribution is 2.36. The SMILES string of the molecule is c1ccc(-c2cc(-c3ccccc3)cc(-c3cccc(-c4cccc(-c5nc(-c6ccccc6)nc(-c6ccc7c(c6)oc6ccccc67)n5)c4)c3)c2)cc1. The van der Waals surface area contributed by atoms with Gasteiger partial charge in [-0.2, -0.15) is 0 Å². The van der Waals surface area contributed by atoms with Crippen molar-refractivity contribution in [3.63, 3.8) is 0 Å². The number of aromatic nitrogens is 3. The zero-order chi connectivity index (χ0) is 36.6. The molecule has 10 aromatic rings. The Morgan fingerprint density at radius 1 is 0.236 bits per heavy atom. The Morgan fingerprint density at radius 3 is 1.22 bits per heavy atom. The van der Waals surface area contributed by atoms with E-state index in [-0.39, 0.29) is 0 Å². The Balaban J connectivity index is 1.06. The summed E-state index contributed by atoms with van der Waals surface area (Å²) in [7, 11) is 0. The molecule has 2 heterocycles. The van der Waals surface area contributed by atoms with Gasteiger partial charge in [0.15, 0.2) is 17.5 Å². The van der Waals surface area contributed by atoms with Crippen LogP contribution in [0.5, 0.6) is 0 Å². The van der Waals surface area contributed by atoms with Crippen LogP contribution < -0.4 is 0 Å². The van der Waals surface area contributed by atoms with Gasteiger partial charge >= 0.3 is 0 Å². The van der Waals surface area contributed by atoms with Gasteiger partial charge in [-0.15, -0.1) is 0 Å². The number of hydrogen-bond donors (Lipinski definition) is 0. The third-order valence-corrected chi connectivity index (χ3v) is 10.1. The number of furan rings is 1. The molecule has 4 nitrogen and oxygen atoms in total. The third kappa shape index (κ3) is 6.36. The molecule has 0 aliphatic heterocycles. The van der Waals surface area contributed by atoms with Crippen LogP contribution in [-0.2, 0) is 0 Å². The summed E-state index contributed by atoms with van der Waals surface area (Å²) in [6, 6.07) is 69.6. The Kier molecular flexibility index (Phi) is 8.12. The normalized spacial score (nSPS) is 11.3. The third-order valence-electron chi connectivity index (χ3n) is 10.1. The van der Waals surface area contributed by atoms with Crippen LogP contribution in [0.1, 0.15) is 0 Å². The maximum atomic E-state index is 6.24. The minimum absolute atomic E-state index is 0.589. The summed E-state index contributed by atoms with van der Waals surface area (Å²) in [5.74, 6) is 1.81. The molecule has 8 aromatic carbocycles. The van der Waals surface area contributed by atoms with Gasteiger partial charge in [0.25, 0.3) is 0 Å². The number of hydrogen-bond acceptors (Lipinski definition) is 4. The van der Waals surface area contributed by atoms with E-state index in [9.17, 15) is 0 Å². The van der Waals surface area contributed by atoms with Crippen molar-refractivity contribution in [3.05, 3.63) is 200 Å². The fraction of sp³-hybridized carbons (Fsp3) is 0. The van der Waals surface area contributed by atoms with Crippen molar-refractivity contribution in [1.82, 2.24) is 15.0 Å². The zero-order valence-corrected chi connectivity index (χ0v) is 29.8. The zero-order valence-electron chi connectivity index (χ0n) is 29.8. The van der Waals surface area contributed by atoms with Crippen LogP contribution in [0.3, 0.4) is 0 Å². The molecular formula is C51H33N3O. The molecule has 0 saturated carbocycles. The molecule has 0 unspecified atom stereocenters. The van der Waals surface area contributed by atoms with E-state index in [1.807, 2.05) is 54.6 Å². The van der Waals surface area contributed by atoms with Gasteiger partial charge in [-0.3, -0.25) is 0 Å². The van der Waals surface area contributed by atoms with E-state index in [1.165, 1.54) is 22.3 Å². The maximum absolute atomic E-state index is 6.24. The molecule has 4 heteroatoms. The fourth-order valence-electron chi connectivity index (χ4n) is 7.32. The first-order chi connectivity index (χ1) is 27.2. The predicted octanol–water partition coefficient (Wildman–Crippen LogP) is 13.4. The predicted molar refractivity (Wildman–Crippen MR) is 225 cm³/mol. The summed E-state index contributed by atoms with van der Waals surface area (Å²) in [6.07, 6.45) is 0. The first kappa shape index (κ1) is 32.2. The van der Waals surface area contributed by atoms with E-state index >= 15 is 0 Å². The summed E-state index contributed by atoms with van der Waals surface area (Å²) in [6.45, 7) is 0. The lowest BCUT2D eigenvalue weighted by molar-refractivity contribution is 0.669. The van der Waals surface area contributed by atoms with Crippen LogP contribution in [0, 0.1) is 0 Å². The van der Waals surface area contributed by atoms with Crippen LogP contribution in [0.15, 0.2) is 205 Å². The summed E-state index contributed by atoms with van der Waals surface area (Å²) < 4.78 is 6.24. The van der Waals surface area contributed by atoms with E-state index < -0.39 is 0 Å². The first-order valence-corrected chi connectivity index (χ1v) is 18.4. The molecule has 0 fully saturated rings. The summed E-state index contributed by atoms with van der Waals surface area (Å²) >= 11 is 0. The highest BCUT2D eigenvalue weighted by Gasteiger charge is 2.16. The lowest BCUT2D eigenvalue weighted by Gasteiger charge is -2.13. The Hall–Kier alpha value is -7.43. The molecule has 258 valence electrons. The monoisotopic (exact) mass is 703 g/mol. The Bertz CT molecular complexity index is 2910. The van der Waals surface area contributed by atoms with Gasteiger partial charge in [0.05, 0.1) is 0 Å². The van der Waals surface area contributed by atoms with Gasteiger partial charge in [0.2, 0.25) is 0 Å². The summed E-state index contributed by atoms with van der Waals surface area (Å²) in [4.78, 5) is 15.1. The van der Waals surface area contributed by atoms with Crippen molar-refractivity contribution in [2.45, 2.75) is 0 Å². The van der Waals surface area contributed by atoms with Crippen molar-refractivity contribution in [1.29, 1.82) is 0 Å². The van der Waals surface area contributed by atoms with Gasteiger partial charge in [0.1, 0.15) is 11.2 Å². The number of benzene rings is 8. The standard InChI is InChI=1S/C51H33N3O/c1-4-14-34(15-5-1)42-30-43(35-16-6-2-7-17-35)32-44(31-42)39-22-12-20-37(28-39)38-21-13-23-40(29-38)50-52-49(36-18-8-3-9-19-36)53-51(54-50)41-26-27-46-45-24-10-11-25-47(45)55-48(46)33-41/h1-33H. The number of fused-ring (bicyclic) bond motifs is 3. The van der Waals surface area contributed by atoms with E-state index in [0.29, 0.717) is 17.5 Å². The average Bonchev–Trinajstić information content (AvgIpc) is 3.65. The second-order valence-electron chi connectivity index (χ2n) is 13.7. The van der Waals surface area contributed by atoms with Crippen LogP contribution in [0.2, 0.25) is 0 Å². The van der Waals surface area contributed by atoms with E-state index in [2.05, 4.69) is 146 Å². The van der Waals surface area contributed by atoms with Gasteiger partial charge < -0.3 is 4.42 Å². The highest BCUT2D eigenvalue weighted by atomic mass is 16.3. The topological polar surface area (TPSA) is 51.8 Å². The summed E-state index contributed by atoms with van der Waals surface area (Å²) in [5.41, 5.74) is 13.6. The van der Waals surface area contributed by atoms with E-state index in [4.69, 9.17) is 19.4 Å². The van der Waals surface area contributed by atoms with Gasteiger partial charge in [-0.25, -0.2) is 15.0 Å². The molecule has 0 spiro atoms. The minimum Gasteiger partial charge on any atom is -0.456 e. The molecule has 0 saturated heterocycles. The highest BCUT2D eigenvalue weighted by molar-refractivity contribution is 6.05.